The molecular formula is C18H23NO6. The Morgan fingerprint density at radius 2 is 1.68 bits per heavy atom. The molecule has 2 rings (SSSR count). The lowest BCUT2D eigenvalue weighted by atomic mass is 10.2. The van der Waals surface area contributed by atoms with Gasteiger partial charge in [-0.2, -0.15) is 4.90 Å². The predicted octanol–water partition coefficient (Wildman–Crippen LogP) is 3.27. The maximum atomic E-state index is 12.5. The maximum Gasteiger partial charge on any atom is 0.420 e. The summed E-state index contributed by atoms with van der Waals surface area (Å²) in [4.78, 5) is 37.9. The molecule has 0 spiro atoms. The Labute approximate surface area is 146 Å². The highest BCUT2D eigenvalue weighted by atomic mass is 16.6. The van der Waals surface area contributed by atoms with Gasteiger partial charge in [-0.15, -0.1) is 0 Å². The number of hydrogen-bond acceptors (Lipinski definition) is 6. The van der Waals surface area contributed by atoms with Crippen LogP contribution >= 0.6 is 0 Å². The van der Waals surface area contributed by atoms with E-state index in [2.05, 4.69) is 0 Å². The Hall–Kier alpha value is -2.57. The molecule has 25 heavy (non-hydrogen) atoms. The second-order valence-electron chi connectivity index (χ2n) is 6.88. The number of nitrogens with zero attached hydrogens (tertiary/aromatic N) is 1. The number of amides is 2. The number of esters is 1. The minimum Gasteiger partial charge on any atom is -0.467 e. The van der Waals surface area contributed by atoms with Crippen molar-refractivity contribution in [3.8, 4) is 0 Å². The summed E-state index contributed by atoms with van der Waals surface area (Å²) in [6.07, 6.45) is -1.21. The summed E-state index contributed by atoms with van der Waals surface area (Å²) in [5.41, 5.74) is -1.39. The fraction of sp³-hybridized carbons (Fsp3) is 0.500. The van der Waals surface area contributed by atoms with Crippen molar-refractivity contribution in [3.05, 3.63) is 35.9 Å². The summed E-state index contributed by atoms with van der Waals surface area (Å²) >= 11 is 0. The second-order valence-corrected chi connectivity index (χ2v) is 6.88. The van der Waals surface area contributed by atoms with Crippen LogP contribution in [0.4, 0.5) is 9.59 Å². The van der Waals surface area contributed by atoms with Crippen LogP contribution in [-0.4, -0.2) is 41.3 Å². The van der Waals surface area contributed by atoms with Crippen molar-refractivity contribution in [2.75, 3.05) is 7.11 Å². The van der Waals surface area contributed by atoms with E-state index >= 15 is 0 Å². The monoisotopic (exact) mass is 349 g/mol. The van der Waals surface area contributed by atoms with Crippen molar-refractivity contribution in [1.82, 2.24) is 4.90 Å². The lowest BCUT2D eigenvalue weighted by Gasteiger charge is -2.30. The highest BCUT2D eigenvalue weighted by Crippen LogP contribution is 2.44. The van der Waals surface area contributed by atoms with Gasteiger partial charge >= 0.3 is 18.2 Å². The summed E-state index contributed by atoms with van der Waals surface area (Å²) in [6, 6.07) is 9.04. The van der Waals surface area contributed by atoms with E-state index in [1.165, 1.54) is 7.11 Å². The number of ether oxygens (including phenoxy) is 3. The molecule has 1 aromatic rings. The number of benzene rings is 1. The molecule has 0 aromatic heterocycles. The number of hydrogen-bond donors (Lipinski definition) is 0. The minimum atomic E-state index is -1.34. The van der Waals surface area contributed by atoms with E-state index in [4.69, 9.17) is 14.2 Å². The van der Waals surface area contributed by atoms with Crippen molar-refractivity contribution in [2.45, 2.75) is 51.4 Å². The van der Waals surface area contributed by atoms with E-state index in [-0.39, 0.29) is 6.61 Å². The fourth-order valence-electron chi connectivity index (χ4n) is 2.34. The minimum absolute atomic E-state index is 0.0176. The van der Waals surface area contributed by atoms with Gasteiger partial charge in [0.2, 0.25) is 0 Å². The Morgan fingerprint density at radius 1 is 1.08 bits per heavy atom. The average Bonchev–Trinajstić information content (AvgIpc) is 3.33. The van der Waals surface area contributed by atoms with Crippen LogP contribution in [0.2, 0.25) is 0 Å². The molecule has 1 aliphatic carbocycles. The van der Waals surface area contributed by atoms with Gasteiger partial charge in [-0.05, 0) is 39.2 Å². The summed E-state index contributed by atoms with van der Waals surface area (Å²) in [7, 11) is 1.21. The molecule has 0 radical (unpaired) electrons. The molecule has 1 aromatic carbocycles. The van der Waals surface area contributed by atoms with Gasteiger partial charge in [0, 0.05) is 0 Å². The third kappa shape index (κ3) is 4.49. The first-order valence-corrected chi connectivity index (χ1v) is 8.02. The highest BCUT2D eigenvalue weighted by Gasteiger charge is 2.62. The van der Waals surface area contributed by atoms with Crippen LogP contribution in [0.1, 0.15) is 39.2 Å². The molecule has 1 aliphatic rings. The molecule has 1 fully saturated rings. The van der Waals surface area contributed by atoms with Gasteiger partial charge in [-0.25, -0.2) is 14.4 Å². The fourth-order valence-corrected chi connectivity index (χ4v) is 2.34. The first-order valence-electron chi connectivity index (χ1n) is 8.02. The van der Waals surface area contributed by atoms with Gasteiger partial charge in [0.25, 0.3) is 0 Å². The van der Waals surface area contributed by atoms with E-state index in [0.717, 1.165) is 10.5 Å². The van der Waals surface area contributed by atoms with E-state index < -0.39 is 29.3 Å². The second kappa shape index (κ2) is 7.13. The van der Waals surface area contributed by atoms with Crippen molar-refractivity contribution < 1.29 is 28.6 Å². The Morgan fingerprint density at radius 3 is 2.16 bits per heavy atom. The number of imide groups is 1. The van der Waals surface area contributed by atoms with E-state index in [9.17, 15) is 14.4 Å². The zero-order valence-electron chi connectivity index (χ0n) is 14.9. The third-order valence-electron chi connectivity index (χ3n) is 3.68. The molecule has 0 aliphatic heterocycles. The lowest BCUT2D eigenvalue weighted by molar-refractivity contribution is -0.148. The number of carbonyl (C=O) groups is 3. The Balaban J connectivity index is 2.18. The lowest BCUT2D eigenvalue weighted by Crippen LogP contribution is -2.52. The molecule has 0 saturated heterocycles. The van der Waals surface area contributed by atoms with Gasteiger partial charge < -0.3 is 14.2 Å². The maximum absolute atomic E-state index is 12.5. The topological polar surface area (TPSA) is 82.1 Å². The van der Waals surface area contributed by atoms with Gasteiger partial charge in [-0.3, -0.25) is 0 Å². The number of carbonyl (C=O) groups excluding carboxylic acids is 3. The zero-order chi connectivity index (χ0) is 18.7. The van der Waals surface area contributed by atoms with Crippen LogP contribution in [0.5, 0.6) is 0 Å². The molecule has 136 valence electrons. The molecule has 0 bridgehead atoms. The van der Waals surface area contributed by atoms with Crippen LogP contribution in [0, 0.1) is 0 Å². The first kappa shape index (κ1) is 18.8. The van der Waals surface area contributed by atoms with Crippen molar-refractivity contribution in [2.24, 2.45) is 0 Å². The van der Waals surface area contributed by atoms with Crippen LogP contribution in [0.15, 0.2) is 30.3 Å². The van der Waals surface area contributed by atoms with E-state index in [0.29, 0.717) is 12.8 Å². The standard InChI is InChI=1S/C18H23NO6/c1-17(2,3)25-16(22)19(18(10-11-18)14(20)23-4)15(21)24-12-13-8-6-5-7-9-13/h5-9H,10-12H2,1-4H3. The van der Waals surface area contributed by atoms with E-state index in [1.807, 2.05) is 18.2 Å². The number of methoxy groups -OCH3 is 1. The molecule has 7 heteroatoms. The van der Waals surface area contributed by atoms with Crippen molar-refractivity contribution >= 4 is 18.2 Å². The van der Waals surface area contributed by atoms with Crippen LogP contribution in [-0.2, 0) is 25.6 Å². The predicted molar refractivity (Wildman–Crippen MR) is 88.7 cm³/mol. The average molecular weight is 349 g/mol. The van der Waals surface area contributed by atoms with Crippen LogP contribution < -0.4 is 0 Å². The van der Waals surface area contributed by atoms with Gasteiger partial charge in [0.05, 0.1) is 7.11 Å². The van der Waals surface area contributed by atoms with Gasteiger partial charge in [0.1, 0.15) is 12.2 Å². The molecule has 7 nitrogen and oxygen atoms in total. The quantitative estimate of drug-likeness (QED) is 0.613. The van der Waals surface area contributed by atoms with Gasteiger partial charge in [0.15, 0.2) is 5.54 Å². The van der Waals surface area contributed by atoms with Crippen molar-refractivity contribution in [1.29, 1.82) is 0 Å². The van der Waals surface area contributed by atoms with Crippen LogP contribution in [0.3, 0.4) is 0 Å². The Kier molecular flexibility index (Phi) is 5.35. The molecule has 0 heterocycles. The molecule has 0 unspecified atom stereocenters. The summed E-state index contributed by atoms with van der Waals surface area (Å²) in [5.74, 6) is -0.657. The smallest absolute Gasteiger partial charge is 0.420 e. The summed E-state index contributed by atoms with van der Waals surface area (Å²) in [5, 5.41) is 0. The first-order chi connectivity index (χ1) is 11.7. The number of rotatable bonds is 4. The summed E-state index contributed by atoms with van der Waals surface area (Å²) < 4.78 is 15.3. The normalized spacial score (nSPS) is 15.0. The zero-order valence-corrected chi connectivity index (χ0v) is 14.9. The van der Waals surface area contributed by atoms with Crippen molar-refractivity contribution in [3.63, 3.8) is 0 Å². The molecular weight excluding hydrogens is 326 g/mol. The third-order valence-corrected chi connectivity index (χ3v) is 3.68. The van der Waals surface area contributed by atoms with Gasteiger partial charge in [-0.1, -0.05) is 30.3 Å². The highest BCUT2D eigenvalue weighted by molar-refractivity contribution is 5.98. The largest absolute Gasteiger partial charge is 0.467 e. The molecule has 1 saturated carbocycles. The van der Waals surface area contributed by atoms with Crippen LogP contribution in [0.25, 0.3) is 0 Å². The molecule has 0 atom stereocenters. The SMILES string of the molecule is COC(=O)C1(N(C(=O)OCc2ccccc2)C(=O)OC(C)(C)C)CC1. The molecule has 2 amide bonds. The summed E-state index contributed by atoms with van der Waals surface area (Å²) in [6.45, 7) is 5.01. The Bertz CT molecular complexity index is 645. The van der Waals surface area contributed by atoms with E-state index in [1.54, 1.807) is 32.9 Å². The molecule has 0 N–H and O–H groups in total.